The predicted octanol–water partition coefficient (Wildman–Crippen LogP) is 5.04. The molecule has 1 aromatic heterocycles. The van der Waals surface area contributed by atoms with Gasteiger partial charge in [0.1, 0.15) is 10.8 Å². The molecule has 29 heavy (non-hydrogen) atoms. The molecule has 4 N–H and O–H groups in total. The van der Waals surface area contributed by atoms with Crippen LogP contribution in [0.25, 0.3) is 5.57 Å². The second-order valence-electron chi connectivity index (χ2n) is 5.90. The van der Waals surface area contributed by atoms with Gasteiger partial charge in [0, 0.05) is 22.9 Å². The quantitative estimate of drug-likeness (QED) is 0.327. The van der Waals surface area contributed by atoms with Gasteiger partial charge in [-0.1, -0.05) is 61.3 Å². The van der Waals surface area contributed by atoms with Crippen LogP contribution in [0.5, 0.6) is 0 Å². The zero-order valence-electron chi connectivity index (χ0n) is 15.9. The Morgan fingerprint density at radius 3 is 2.41 bits per heavy atom. The molecule has 0 bridgehead atoms. The third-order valence-electron chi connectivity index (χ3n) is 4.07. The number of halogens is 1. The first-order chi connectivity index (χ1) is 13.9. The Hall–Kier alpha value is -3.51. The number of allylic oxidation sites excluding steroid dienone is 6. The Labute approximate surface area is 175 Å². The van der Waals surface area contributed by atoms with Crippen LogP contribution in [0.1, 0.15) is 18.2 Å². The van der Waals surface area contributed by atoms with Gasteiger partial charge in [0.15, 0.2) is 0 Å². The summed E-state index contributed by atoms with van der Waals surface area (Å²) in [7, 11) is 0. The van der Waals surface area contributed by atoms with Crippen molar-refractivity contribution in [2.45, 2.75) is 6.92 Å². The third kappa shape index (κ3) is 5.06. The molecule has 0 saturated heterocycles. The van der Waals surface area contributed by atoms with Crippen LogP contribution in [0, 0.1) is 16.6 Å². The van der Waals surface area contributed by atoms with Crippen molar-refractivity contribution in [2.75, 3.05) is 0 Å². The smallest absolute Gasteiger partial charge is 0.132 e. The Bertz CT molecular complexity index is 1050. The van der Waals surface area contributed by atoms with Gasteiger partial charge >= 0.3 is 0 Å². The number of thiocarbonyl (C=S) groups is 1. The number of benzene rings is 1. The summed E-state index contributed by atoms with van der Waals surface area (Å²) in [6, 6.07) is 11.2. The van der Waals surface area contributed by atoms with Gasteiger partial charge < -0.3 is 5.73 Å². The number of hydrogen-bond acceptors (Lipinski definition) is 4. The van der Waals surface area contributed by atoms with Crippen LogP contribution in [0.2, 0.25) is 0 Å². The molecule has 2 rings (SSSR count). The molecule has 0 aliphatic heterocycles. The van der Waals surface area contributed by atoms with E-state index in [4.69, 9.17) is 28.8 Å². The lowest BCUT2D eigenvalue weighted by atomic mass is 9.87. The summed E-state index contributed by atoms with van der Waals surface area (Å²) in [5.74, 6) is -0.541. The SMILES string of the molecule is C=C\C=C/C(=C\C)C(/C(=N)c1ccccc1F)=C(/C(=N)C(N)=S)c1ccccn1. The summed E-state index contributed by atoms with van der Waals surface area (Å²) in [6.45, 7) is 5.46. The largest absolute Gasteiger partial charge is 0.388 e. The predicted molar refractivity (Wildman–Crippen MR) is 122 cm³/mol. The summed E-state index contributed by atoms with van der Waals surface area (Å²) < 4.78 is 14.5. The van der Waals surface area contributed by atoms with E-state index in [1.54, 1.807) is 67.8 Å². The van der Waals surface area contributed by atoms with Gasteiger partial charge in [0.2, 0.25) is 0 Å². The van der Waals surface area contributed by atoms with E-state index in [2.05, 4.69) is 11.6 Å². The number of hydrogen-bond donors (Lipinski definition) is 3. The number of nitrogens with one attached hydrogen (secondary N) is 2. The molecular formula is C23H21FN4S. The van der Waals surface area contributed by atoms with Crippen molar-refractivity contribution in [3.8, 4) is 0 Å². The van der Waals surface area contributed by atoms with Crippen molar-refractivity contribution in [1.82, 2.24) is 4.98 Å². The van der Waals surface area contributed by atoms with Gasteiger partial charge in [-0.15, -0.1) is 0 Å². The molecule has 2 aromatic rings. The molecule has 0 radical (unpaired) electrons. The standard InChI is InChI=1S/C23H21FN4S/c1-3-5-10-15(4-2)19(21(25)16-11-6-7-12-17(16)24)20(22(26)23(27)29)18-13-8-9-14-28-18/h3-14,25-26H,1H2,2H3,(H2,27,29)/b10-5-,15-4+,20-19-,25-21?,26-22?. The minimum absolute atomic E-state index is 0.0954. The maximum Gasteiger partial charge on any atom is 0.132 e. The summed E-state index contributed by atoms with van der Waals surface area (Å²) in [4.78, 5) is 4.18. The van der Waals surface area contributed by atoms with Crippen molar-refractivity contribution >= 4 is 34.2 Å². The highest BCUT2D eigenvalue weighted by molar-refractivity contribution is 7.82. The molecule has 0 atom stereocenters. The minimum Gasteiger partial charge on any atom is -0.388 e. The number of pyridine rings is 1. The molecule has 0 unspecified atom stereocenters. The van der Waals surface area contributed by atoms with Gasteiger partial charge in [-0.2, -0.15) is 0 Å². The van der Waals surface area contributed by atoms with Gasteiger partial charge in [0.25, 0.3) is 0 Å². The molecule has 6 heteroatoms. The first-order valence-corrected chi connectivity index (χ1v) is 9.17. The fourth-order valence-electron chi connectivity index (χ4n) is 2.72. The lowest BCUT2D eigenvalue weighted by molar-refractivity contribution is 0.625. The second-order valence-corrected chi connectivity index (χ2v) is 6.34. The van der Waals surface area contributed by atoms with E-state index in [9.17, 15) is 4.39 Å². The van der Waals surface area contributed by atoms with Crippen molar-refractivity contribution < 1.29 is 4.39 Å². The van der Waals surface area contributed by atoms with E-state index >= 15 is 0 Å². The highest BCUT2D eigenvalue weighted by Crippen LogP contribution is 2.29. The minimum atomic E-state index is -0.541. The maximum absolute atomic E-state index is 14.5. The Morgan fingerprint density at radius 1 is 1.17 bits per heavy atom. The average molecular weight is 405 g/mol. The van der Waals surface area contributed by atoms with Gasteiger partial charge in [-0.05, 0) is 36.8 Å². The fraction of sp³-hybridized carbons (Fsp3) is 0.0435. The molecule has 1 heterocycles. The van der Waals surface area contributed by atoms with E-state index in [1.807, 2.05) is 0 Å². The molecule has 0 fully saturated rings. The summed E-state index contributed by atoms with van der Waals surface area (Å²) in [5.41, 5.74) is 7.16. The molecule has 0 aliphatic rings. The van der Waals surface area contributed by atoms with Crippen molar-refractivity contribution in [3.05, 3.63) is 108 Å². The fourth-order valence-corrected chi connectivity index (χ4v) is 2.82. The normalized spacial score (nSPS) is 12.4. The molecule has 0 saturated carbocycles. The lowest BCUT2D eigenvalue weighted by Crippen LogP contribution is -2.25. The molecule has 1 aromatic carbocycles. The first kappa shape index (κ1) is 21.8. The Balaban J connectivity index is 2.94. The summed E-state index contributed by atoms with van der Waals surface area (Å²) in [6.07, 6.45) is 8.35. The summed E-state index contributed by atoms with van der Waals surface area (Å²) in [5, 5.41) is 17.3. The molecule has 0 amide bonds. The zero-order chi connectivity index (χ0) is 21.4. The number of aromatic nitrogens is 1. The van der Waals surface area contributed by atoms with Crippen molar-refractivity contribution in [3.63, 3.8) is 0 Å². The van der Waals surface area contributed by atoms with Crippen LogP contribution in [0.15, 0.2) is 90.7 Å². The van der Waals surface area contributed by atoms with Crippen molar-refractivity contribution in [2.24, 2.45) is 5.73 Å². The molecule has 146 valence electrons. The van der Waals surface area contributed by atoms with Crippen LogP contribution < -0.4 is 5.73 Å². The van der Waals surface area contributed by atoms with Crippen molar-refractivity contribution in [1.29, 1.82) is 10.8 Å². The second kappa shape index (κ2) is 10.1. The van der Waals surface area contributed by atoms with E-state index in [1.165, 1.54) is 12.1 Å². The topological polar surface area (TPSA) is 86.6 Å². The van der Waals surface area contributed by atoms with Crippen LogP contribution in [0.3, 0.4) is 0 Å². The van der Waals surface area contributed by atoms with Gasteiger partial charge in [0.05, 0.1) is 17.1 Å². The molecule has 0 aliphatic carbocycles. The monoisotopic (exact) mass is 404 g/mol. The van der Waals surface area contributed by atoms with E-state index in [-0.39, 0.29) is 27.5 Å². The van der Waals surface area contributed by atoms with E-state index in [0.717, 1.165) is 0 Å². The highest BCUT2D eigenvalue weighted by Gasteiger charge is 2.24. The van der Waals surface area contributed by atoms with Crippen LogP contribution in [0.4, 0.5) is 4.39 Å². The maximum atomic E-state index is 14.5. The van der Waals surface area contributed by atoms with E-state index < -0.39 is 5.82 Å². The Kier molecular flexibility index (Phi) is 7.62. The average Bonchev–Trinajstić information content (AvgIpc) is 2.73. The number of nitrogens with two attached hydrogens (primary N) is 1. The number of rotatable bonds is 8. The zero-order valence-corrected chi connectivity index (χ0v) is 16.8. The number of nitrogens with zero attached hydrogens (tertiary/aromatic N) is 1. The lowest BCUT2D eigenvalue weighted by Gasteiger charge is -2.18. The van der Waals surface area contributed by atoms with Crippen LogP contribution in [-0.4, -0.2) is 21.4 Å². The molecule has 4 nitrogen and oxygen atoms in total. The molecule has 0 spiro atoms. The van der Waals surface area contributed by atoms with Gasteiger partial charge in [-0.25, -0.2) is 4.39 Å². The molecular weight excluding hydrogens is 383 g/mol. The van der Waals surface area contributed by atoms with Crippen LogP contribution in [-0.2, 0) is 0 Å². The van der Waals surface area contributed by atoms with E-state index in [0.29, 0.717) is 16.8 Å². The summed E-state index contributed by atoms with van der Waals surface area (Å²) >= 11 is 5.05. The Morgan fingerprint density at radius 2 is 1.86 bits per heavy atom. The third-order valence-corrected chi connectivity index (χ3v) is 4.28. The van der Waals surface area contributed by atoms with Crippen LogP contribution >= 0.6 is 12.2 Å². The highest BCUT2D eigenvalue weighted by atomic mass is 32.1. The first-order valence-electron chi connectivity index (χ1n) is 8.76. The van der Waals surface area contributed by atoms with Gasteiger partial charge in [-0.3, -0.25) is 15.8 Å².